The lowest BCUT2D eigenvalue weighted by atomic mass is 10.3. The average molecular weight is 430 g/mol. The van der Waals surface area contributed by atoms with Gasteiger partial charge in [0.15, 0.2) is 5.13 Å². The SMILES string of the molecule is COc1ccc(SCCC(=O)N(CCCN(C)C)c2nc3ccccc3s2)cc1. The highest BCUT2D eigenvalue weighted by molar-refractivity contribution is 7.99. The second-order valence-corrected chi connectivity index (χ2v) is 9.12. The van der Waals surface area contributed by atoms with Crippen LogP contribution in [0.1, 0.15) is 12.8 Å². The summed E-state index contributed by atoms with van der Waals surface area (Å²) in [6.45, 7) is 1.62. The molecule has 5 nitrogen and oxygen atoms in total. The minimum Gasteiger partial charge on any atom is -0.497 e. The molecule has 3 aromatic rings. The normalized spacial score (nSPS) is 11.2. The molecule has 1 aromatic heterocycles. The van der Waals surface area contributed by atoms with Gasteiger partial charge >= 0.3 is 0 Å². The summed E-state index contributed by atoms with van der Waals surface area (Å²) in [5.74, 6) is 1.71. The zero-order valence-electron chi connectivity index (χ0n) is 17.1. The third-order valence-corrected chi connectivity index (χ3v) is 6.52. The van der Waals surface area contributed by atoms with Crippen LogP contribution in [0.15, 0.2) is 53.4 Å². The summed E-state index contributed by atoms with van der Waals surface area (Å²) in [5.41, 5.74) is 0.950. The number of benzene rings is 2. The Labute approximate surface area is 180 Å². The van der Waals surface area contributed by atoms with E-state index in [1.54, 1.807) is 30.2 Å². The van der Waals surface area contributed by atoms with Gasteiger partial charge in [-0.3, -0.25) is 9.69 Å². The highest BCUT2D eigenvalue weighted by atomic mass is 32.2. The van der Waals surface area contributed by atoms with Crippen molar-refractivity contribution in [1.29, 1.82) is 0 Å². The third kappa shape index (κ3) is 6.19. The van der Waals surface area contributed by atoms with Crippen LogP contribution in [-0.2, 0) is 4.79 Å². The maximum atomic E-state index is 13.0. The fourth-order valence-electron chi connectivity index (χ4n) is 2.91. The highest BCUT2D eigenvalue weighted by Gasteiger charge is 2.19. The lowest BCUT2D eigenvalue weighted by molar-refractivity contribution is -0.118. The molecule has 0 bridgehead atoms. The summed E-state index contributed by atoms with van der Waals surface area (Å²) < 4.78 is 6.30. The first-order valence-corrected chi connectivity index (χ1v) is 11.4. The van der Waals surface area contributed by atoms with E-state index < -0.39 is 0 Å². The molecule has 0 spiro atoms. The van der Waals surface area contributed by atoms with Crippen LogP contribution >= 0.6 is 23.1 Å². The van der Waals surface area contributed by atoms with Gasteiger partial charge in [-0.15, -0.1) is 11.8 Å². The number of para-hydroxylation sites is 1. The minimum absolute atomic E-state index is 0.129. The van der Waals surface area contributed by atoms with Gasteiger partial charge in [0.1, 0.15) is 5.75 Å². The number of carbonyl (C=O) groups excluding carboxylic acids is 1. The number of amides is 1. The molecule has 29 heavy (non-hydrogen) atoms. The number of anilines is 1. The summed E-state index contributed by atoms with van der Waals surface area (Å²) in [5, 5.41) is 0.796. The molecule has 1 heterocycles. The van der Waals surface area contributed by atoms with Crippen molar-refractivity contribution < 1.29 is 9.53 Å². The lowest BCUT2D eigenvalue weighted by Crippen LogP contribution is -2.33. The summed E-state index contributed by atoms with van der Waals surface area (Å²) in [7, 11) is 5.76. The summed E-state index contributed by atoms with van der Waals surface area (Å²) in [4.78, 5) is 22.9. The van der Waals surface area contributed by atoms with Crippen molar-refractivity contribution in [3.8, 4) is 5.75 Å². The van der Waals surface area contributed by atoms with Gasteiger partial charge in [0.05, 0.1) is 17.3 Å². The van der Waals surface area contributed by atoms with Crippen molar-refractivity contribution >= 4 is 44.4 Å². The van der Waals surface area contributed by atoms with Crippen LogP contribution in [-0.4, -0.2) is 55.8 Å². The molecule has 0 saturated heterocycles. The zero-order chi connectivity index (χ0) is 20.6. The Hall–Kier alpha value is -2.09. The lowest BCUT2D eigenvalue weighted by Gasteiger charge is -2.21. The molecule has 0 N–H and O–H groups in total. The molecule has 0 aliphatic carbocycles. The molecular weight excluding hydrogens is 402 g/mol. The zero-order valence-corrected chi connectivity index (χ0v) is 18.8. The maximum Gasteiger partial charge on any atom is 0.229 e. The topological polar surface area (TPSA) is 45.7 Å². The van der Waals surface area contributed by atoms with E-state index in [-0.39, 0.29) is 5.91 Å². The molecule has 0 radical (unpaired) electrons. The van der Waals surface area contributed by atoms with Gasteiger partial charge in [0.2, 0.25) is 5.91 Å². The molecule has 7 heteroatoms. The molecule has 0 saturated carbocycles. The van der Waals surface area contributed by atoms with Crippen molar-refractivity contribution in [3.05, 3.63) is 48.5 Å². The first-order valence-electron chi connectivity index (χ1n) is 9.64. The third-order valence-electron chi connectivity index (χ3n) is 4.45. The number of methoxy groups -OCH3 is 1. The number of rotatable bonds is 10. The van der Waals surface area contributed by atoms with Gasteiger partial charge < -0.3 is 9.64 Å². The van der Waals surface area contributed by atoms with Crippen LogP contribution in [0, 0.1) is 0 Å². The average Bonchev–Trinajstić information content (AvgIpc) is 3.15. The van der Waals surface area contributed by atoms with Crippen LogP contribution in [0.5, 0.6) is 5.75 Å². The standard InChI is InChI=1S/C22H27N3O2S2/c1-24(2)14-6-15-25(22-23-19-7-4-5-8-20(19)29-22)21(26)13-16-28-18-11-9-17(27-3)10-12-18/h4-5,7-12H,6,13-16H2,1-3H3. The number of carbonyl (C=O) groups is 1. The monoisotopic (exact) mass is 429 g/mol. The Bertz CT molecular complexity index is 892. The number of fused-ring (bicyclic) bond motifs is 1. The fourth-order valence-corrected chi connectivity index (χ4v) is 4.76. The van der Waals surface area contributed by atoms with E-state index in [9.17, 15) is 4.79 Å². The Morgan fingerprint density at radius 2 is 1.86 bits per heavy atom. The number of hydrogen-bond donors (Lipinski definition) is 0. The second kappa shape index (κ2) is 10.6. The van der Waals surface area contributed by atoms with Gasteiger partial charge in [-0.05, 0) is 63.5 Å². The van der Waals surface area contributed by atoms with E-state index in [1.165, 1.54) is 0 Å². The number of hydrogen-bond acceptors (Lipinski definition) is 6. The molecule has 0 atom stereocenters. The van der Waals surface area contributed by atoms with Crippen molar-refractivity contribution in [2.75, 3.05) is 44.9 Å². The van der Waals surface area contributed by atoms with E-state index in [0.29, 0.717) is 13.0 Å². The smallest absolute Gasteiger partial charge is 0.229 e. The van der Waals surface area contributed by atoms with Crippen molar-refractivity contribution in [1.82, 2.24) is 9.88 Å². The van der Waals surface area contributed by atoms with Crippen molar-refractivity contribution in [2.45, 2.75) is 17.7 Å². The van der Waals surface area contributed by atoms with Crippen LogP contribution in [0.3, 0.4) is 0 Å². The van der Waals surface area contributed by atoms with Gasteiger partial charge in [0.25, 0.3) is 0 Å². The summed E-state index contributed by atoms with van der Waals surface area (Å²) >= 11 is 3.27. The fraction of sp³-hybridized carbons (Fsp3) is 0.364. The van der Waals surface area contributed by atoms with Gasteiger partial charge in [-0.25, -0.2) is 4.98 Å². The second-order valence-electron chi connectivity index (χ2n) is 6.94. The Morgan fingerprint density at radius 1 is 1.10 bits per heavy atom. The van der Waals surface area contributed by atoms with E-state index in [1.807, 2.05) is 47.4 Å². The van der Waals surface area contributed by atoms with Gasteiger partial charge in [-0.2, -0.15) is 0 Å². The number of aromatic nitrogens is 1. The molecule has 0 unspecified atom stereocenters. The summed E-state index contributed by atoms with van der Waals surface area (Å²) in [6.07, 6.45) is 1.40. The Balaban J connectivity index is 1.64. The Morgan fingerprint density at radius 3 is 2.55 bits per heavy atom. The maximum absolute atomic E-state index is 13.0. The van der Waals surface area contributed by atoms with Crippen molar-refractivity contribution in [2.24, 2.45) is 0 Å². The van der Waals surface area contributed by atoms with Crippen LogP contribution in [0.2, 0.25) is 0 Å². The quantitative estimate of drug-likeness (QED) is 0.434. The predicted octanol–water partition coefficient (Wildman–Crippen LogP) is 4.77. The van der Waals surface area contributed by atoms with Crippen LogP contribution < -0.4 is 9.64 Å². The summed E-state index contributed by atoms with van der Waals surface area (Å²) in [6, 6.07) is 16.0. The van der Waals surface area contributed by atoms with E-state index in [4.69, 9.17) is 9.72 Å². The molecule has 1 amide bonds. The van der Waals surface area contributed by atoms with Crippen LogP contribution in [0.25, 0.3) is 10.2 Å². The molecule has 0 fully saturated rings. The molecule has 3 rings (SSSR count). The highest BCUT2D eigenvalue weighted by Crippen LogP contribution is 2.30. The molecule has 0 aliphatic rings. The van der Waals surface area contributed by atoms with Gasteiger partial charge in [-0.1, -0.05) is 23.5 Å². The predicted molar refractivity (Wildman–Crippen MR) is 123 cm³/mol. The van der Waals surface area contributed by atoms with Gasteiger partial charge in [0, 0.05) is 23.6 Å². The number of nitrogens with zero attached hydrogens (tertiary/aromatic N) is 3. The number of thiazole rings is 1. The Kier molecular flexibility index (Phi) is 7.91. The first kappa shape index (κ1) is 21.6. The largest absolute Gasteiger partial charge is 0.497 e. The minimum atomic E-state index is 0.129. The molecule has 0 aliphatic heterocycles. The van der Waals surface area contributed by atoms with E-state index in [0.717, 1.165) is 44.7 Å². The number of thioether (sulfide) groups is 1. The van der Waals surface area contributed by atoms with Crippen LogP contribution in [0.4, 0.5) is 5.13 Å². The van der Waals surface area contributed by atoms with E-state index >= 15 is 0 Å². The first-order chi connectivity index (χ1) is 14.1. The molecule has 2 aromatic carbocycles. The molecule has 154 valence electrons. The molecular formula is C22H27N3O2S2. The van der Waals surface area contributed by atoms with E-state index in [2.05, 4.69) is 25.1 Å². The van der Waals surface area contributed by atoms with Crippen molar-refractivity contribution in [3.63, 3.8) is 0 Å². The number of ether oxygens (including phenoxy) is 1.